The molecule has 1 aromatic rings. The molecule has 0 aliphatic carbocycles. The Labute approximate surface area is 75.1 Å². The molecule has 0 aromatic heterocycles. The van der Waals surface area contributed by atoms with E-state index in [-0.39, 0.29) is 12.2 Å². The predicted octanol–water partition coefficient (Wildman–Crippen LogP) is -0.883. The van der Waals surface area contributed by atoms with Gasteiger partial charge >= 0.3 is 0 Å². The van der Waals surface area contributed by atoms with Gasteiger partial charge in [0, 0.05) is 13.6 Å². The molecule has 0 aliphatic heterocycles. The Morgan fingerprint density at radius 1 is 1.31 bits per heavy atom. The Bertz CT molecular complexity index is 363. The van der Waals surface area contributed by atoms with Gasteiger partial charge in [0.15, 0.2) is 0 Å². The van der Waals surface area contributed by atoms with E-state index in [0.29, 0.717) is 5.69 Å². The molecule has 0 spiro atoms. The highest BCUT2D eigenvalue weighted by Gasteiger charge is 2.19. The lowest BCUT2D eigenvalue weighted by molar-refractivity contribution is 0.208. The van der Waals surface area contributed by atoms with E-state index < -0.39 is 17.0 Å². The van der Waals surface area contributed by atoms with Gasteiger partial charge in [-0.1, -0.05) is 0 Å². The van der Waals surface area contributed by atoms with E-state index in [0.717, 1.165) is 0 Å². The van der Waals surface area contributed by atoms with Crippen molar-refractivity contribution >= 4 is 11.4 Å². The average molecular weight is 184 g/mol. The molecule has 0 bridgehead atoms. The van der Waals surface area contributed by atoms with Crippen molar-refractivity contribution in [2.45, 2.75) is 13.0 Å². The zero-order valence-corrected chi connectivity index (χ0v) is 7.55. The third-order valence-electron chi connectivity index (χ3n) is 1.73. The summed E-state index contributed by atoms with van der Waals surface area (Å²) in [6.07, 6.45) is -0.547. The number of rotatable bonds is 4. The molecule has 0 aliphatic rings. The fourth-order valence-electron chi connectivity index (χ4n) is 1.05. The zero-order chi connectivity index (χ0) is 10.0. The van der Waals surface area contributed by atoms with Crippen LogP contribution in [0.4, 0.5) is 11.4 Å². The van der Waals surface area contributed by atoms with Crippen molar-refractivity contribution in [1.29, 1.82) is 0 Å². The van der Waals surface area contributed by atoms with Gasteiger partial charge in [0.25, 0.3) is 10.9 Å². The Balaban J connectivity index is 2.73. The topological polar surface area (TPSA) is 78.4 Å². The van der Waals surface area contributed by atoms with Crippen molar-refractivity contribution in [2.24, 2.45) is 0 Å². The van der Waals surface area contributed by atoms with Gasteiger partial charge < -0.3 is 15.7 Å². The van der Waals surface area contributed by atoms with Crippen molar-refractivity contribution in [3.05, 3.63) is 20.4 Å². The van der Waals surface area contributed by atoms with Gasteiger partial charge in [-0.3, -0.25) is 9.59 Å². The summed E-state index contributed by atoms with van der Waals surface area (Å²) in [6, 6.07) is 0. The van der Waals surface area contributed by atoms with Gasteiger partial charge in [0.05, 0.1) is 6.10 Å². The summed E-state index contributed by atoms with van der Waals surface area (Å²) in [7, 11) is 1.57. The van der Waals surface area contributed by atoms with Gasteiger partial charge in [-0.15, -0.1) is 0 Å². The highest BCUT2D eigenvalue weighted by atomic mass is 16.3. The first-order valence-electron chi connectivity index (χ1n) is 4.01. The molecule has 5 nitrogen and oxygen atoms in total. The summed E-state index contributed by atoms with van der Waals surface area (Å²) < 4.78 is 0. The van der Waals surface area contributed by atoms with Gasteiger partial charge in [-0.2, -0.15) is 0 Å². The van der Waals surface area contributed by atoms with Crippen molar-refractivity contribution in [2.75, 3.05) is 24.2 Å². The fourth-order valence-corrected chi connectivity index (χ4v) is 1.05. The SMILES string of the molecule is CNc1c(NCC(C)O)c(=O)c1=O. The van der Waals surface area contributed by atoms with Crippen LogP contribution in [0.1, 0.15) is 6.92 Å². The third-order valence-corrected chi connectivity index (χ3v) is 1.73. The lowest BCUT2D eigenvalue weighted by Crippen LogP contribution is -2.37. The van der Waals surface area contributed by atoms with E-state index in [2.05, 4.69) is 10.6 Å². The van der Waals surface area contributed by atoms with E-state index in [1.807, 2.05) is 0 Å². The first kappa shape index (κ1) is 9.73. The summed E-state index contributed by atoms with van der Waals surface area (Å²) in [4.78, 5) is 21.8. The third kappa shape index (κ3) is 1.70. The molecule has 3 N–H and O–H groups in total. The van der Waals surface area contributed by atoms with Crippen LogP contribution in [0.2, 0.25) is 0 Å². The summed E-state index contributed by atoms with van der Waals surface area (Å²) in [6.45, 7) is 1.86. The first-order chi connectivity index (χ1) is 6.07. The minimum absolute atomic E-state index is 0.263. The van der Waals surface area contributed by atoms with Crippen molar-refractivity contribution < 1.29 is 5.11 Å². The van der Waals surface area contributed by atoms with Crippen LogP contribution >= 0.6 is 0 Å². The minimum atomic E-state index is -0.547. The molecule has 0 heterocycles. The van der Waals surface area contributed by atoms with Crippen molar-refractivity contribution in [3.8, 4) is 0 Å². The van der Waals surface area contributed by atoms with Gasteiger partial charge in [-0.25, -0.2) is 0 Å². The molecule has 1 unspecified atom stereocenters. The Morgan fingerprint density at radius 3 is 2.31 bits per heavy atom. The van der Waals surface area contributed by atoms with Gasteiger partial charge in [-0.05, 0) is 6.92 Å². The standard InChI is InChI=1S/C8H12N2O3/c1-4(11)3-10-6-5(9-2)7(12)8(6)13/h4,9-11H,3H2,1-2H3. The van der Waals surface area contributed by atoms with Gasteiger partial charge in [0.1, 0.15) is 11.4 Å². The maximum absolute atomic E-state index is 11.0. The van der Waals surface area contributed by atoms with E-state index in [9.17, 15) is 9.59 Å². The monoisotopic (exact) mass is 184 g/mol. The summed E-state index contributed by atoms with van der Waals surface area (Å²) in [5.41, 5.74) is -0.459. The minimum Gasteiger partial charge on any atom is -0.392 e. The van der Waals surface area contributed by atoms with Crippen LogP contribution in [0.3, 0.4) is 0 Å². The first-order valence-corrected chi connectivity index (χ1v) is 4.01. The largest absolute Gasteiger partial charge is 0.392 e. The summed E-state index contributed by atoms with van der Waals surface area (Å²) in [5, 5.41) is 14.2. The summed E-state index contributed by atoms with van der Waals surface area (Å²) >= 11 is 0. The molecule has 0 amide bonds. The molecule has 1 rings (SSSR count). The van der Waals surface area contributed by atoms with Crippen LogP contribution in [0.15, 0.2) is 9.59 Å². The van der Waals surface area contributed by atoms with Crippen LogP contribution in [0.25, 0.3) is 0 Å². The fraction of sp³-hybridized carbons (Fsp3) is 0.500. The van der Waals surface area contributed by atoms with E-state index >= 15 is 0 Å². The van der Waals surface area contributed by atoms with Crippen LogP contribution in [-0.2, 0) is 0 Å². The second-order valence-corrected chi connectivity index (χ2v) is 2.89. The average Bonchev–Trinajstić information content (AvgIpc) is 2.10. The number of hydrogen-bond donors (Lipinski definition) is 3. The van der Waals surface area contributed by atoms with Crippen LogP contribution < -0.4 is 21.5 Å². The number of aliphatic hydroxyl groups is 1. The molecule has 13 heavy (non-hydrogen) atoms. The lowest BCUT2D eigenvalue weighted by atomic mass is 10.2. The number of anilines is 2. The normalized spacial score (nSPS) is 12.8. The van der Waals surface area contributed by atoms with Gasteiger partial charge in [0.2, 0.25) is 0 Å². The molecular weight excluding hydrogens is 172 g/mol. The molecule has 0 radical (unpaired) electrons. The molecule has 72 valence electrons. The number of nitrogens with one attached hydrogen (secondary N) is 2. The van der Waals surface area contributed by atoms with Crippen molar-refractivity contribution in [1.82, 2.24) is 0 Å². The molecular formula is C8H12N2O3. The smallest absolute Gasteiger partial charge is 0.253 e. The summed E-state index contributed by atoms with van der Waals surface area (Å²) in [5.74, 6) is 0. The van der Waals surface area contributed by atoms with Crippen LogP contribution in [0, 0.1) is 0 Å². The molecule has 0 saturated carbocycles. The zero-order valence-electron chi connectivity index (χ0n) is 7.55. The van der Waals surface area contributed by atoms with E-state index in [1.165, 1.54) is 0 Å². The maximum Gasteiger partial charge on any atom is 0.253 e. The predicted molar refractivity (Wildman–Crippen MR) is 51.1 cm³/mol. The van der Waals surface area contributed by atoms with Crippen molar-refractivity contribution in [3.63, 3.8) is 0 Å². The van der Waals surface area contributed by atoms with Crippen LogP contribution in [0.5, 0.6) is 0 Å². The van der Waals surface area contributed by atoms with Crippen LogP contribution in [-0.4, -0.2) is 24.8 Å². The Kier molecular flexibility index (Phi) is 2.67. The second-order valence-electron chi connectivity index (χ2n) is 2.89. The molecule has 1 atom stereocenters. The highest BCUT2D eigenvalue weighted by molar-refractivity contribution is 5.73. The number of hydrogen-bond acceptors (Lipinski definition) is 5. The lowest BCUT2D eigenvalue weighted by Gasteiger charge is -2.13. The van der Waals surface area contributed by atoms with E-state index in [1.54, 1.807) is 14.0 Å². The quantitative estimate of drug-likeness (QED) is 0.529. The highest BCUT2D eigenvalue weighted by Crippen LogP contribution is 2.12. The van der Waals surface area contributed by atoms with E-state index in [4.69, 9.17) is 5.11 Å². The number of aliphatic hydroxyl groups excluding tert-OH is 1. The second kappa shape index (κ2) is 3.57. The molecule has 1 aromatic carbocycles. The maximum atomic E-state index is 11.0. The molecule has 5 heteroatoms. The Hall–Kier alpha value is -1.36. The molecule has 0 saturated heterocycles. The Morgan fingerprint density at radius 2 is 1.85 bits per heavy atom. The molecule has 0 fully saturated rings.